The molecule has 0 unspecified atom stereocenters. The van der Waals surface area contributed by atoms with Crippen LogP contribution in [0, 0.1) is 0 Å². The molecule has 0 rings (SSSR count). The predicted molar refractivity (Wildman–Crippen MR) is 198 cm³/mol. The Morgan fingerprint density at radius 3 is 0.744 bits per heavy atom. The van der Waals surface area contributed by atoms with Gasteiger partial charge < -0.3 is 5.32 Å². The zero-order valence-electron chi connectivity index (χ0n) is 31.2. The molecule has 0 aliphatic carbocycles. The van der Waals surface area contributed by atoms with Crippen LogP contribution in [0.4, 0.5) is 0 Å². The standard InChI is InChI=1S/C42H87N/c1-5-7-9-11-13-15-17-19-20-21-22-23-24-25-26-27-29-31-33-35-37-39-41-43-42(3,4)40-38-36-34-32-30-28-18-16-14-12-10-8-6-2/h43H,5-41H2,1-4H3/p+1. The second-order valence-electron chi connectivity index (χ2n) is 15.4. The van der Waals surface area contributed by atoms with Crippen LogP contribution in [0.15, 0.2) is 0 Å². The van der Waals surface area contributed by atoms with Gasteiger partial charge in [-0.05, 0) is 33.1 Å². The first-order valence-electron chi connectivity index (χ1n) is 21.0. The van der Waals surface area contributed by atoms with E-state index in [-0.39, 0.29) is 0 Å². The third-order valence-corrected chi connectivity index (χ3v) is 10.2. The van der Waals surface area contributed by atoms with Gasteiger partial charge in [-0.3, -0.25) is 0 Å². The van der Waals surface area contributed by atoms with Gasteiger partial charge in [-0.15, -0.1) is 0 Å². The van der Waals surface area contributed by atoms with Crippen LogP contribution >= 0.6 is 0 Å². The van der Waals surface area contributed by atoms with E-state index in [4.69, 9.17) is 0 Å². The topological polar surface area (TPSA) is 16.6 Å². The molecule has 0 aliphatic rings. The van der Waals surface area contributed by atoms with Gasteiger partial charge in [0.05, 0.1) is 12.1 Å². The summed E-state index contributed by atoms with van der Waals surface area (Å²) in [6.07, 6.45) is 52.7. The summed E-state index contributed by atoms with van der Waals surface area (Å²) in [7, 11) is 0. The Kier molecular flexibility index (Phi) is 36.4. The van der Waals surface area contributed by atoms with Crippen molar-refractivity contribution in [3.05, 3.63) is 0 Å². The minimum atomic E-state index is 0.449. The molecule has 0 radical (unpaired) electrons. The summed E-state index contributed by atoms with van der Waals surface area (Å²) in [6, 6.07) is 0. The lowest BCUT2D eigenvalue weighted by atomic mass is 9.95. The fourth-order valence-electron chi connectivity index (χ4n) is 6.95. The molecular weight excluding hydrogens is 518 g/mol. The van der Waals surface area contributed by atoms with E-state index in [0.29, 0.717) is 5.54 Å². The molecule has 1 heteroatoms. The van der Waals surface area contributed by atoms with Crippen molar-refractivity contribution >= 4 is 0 Å². The molecule has 0 saturated carbocycles. The third kappa shape index (κ3) is 38.1. The molecular formula is C42H88N+. The number of rotatable bonds is 38. The Morgan fingerprint density at radius 1 is 0.279 bits per heavy atom. The Morgan fingerprint density at radius 2 is 0.488 bits per heavy atom. The van der Waals surface area contributed by atoms with E-state index in [0.717, 1.165) is 0 Å². The average molecular weight is 607 g/mol. The first-order chi connectivity index (χ1) is 21.1. The van der Waals surface area contributed by atoms with E-state index >= 15 is 0 Å². The van der Waals surface area contributed by atoms with E-state index in [1.54, 1.807) is 0 Å². The minimum absolute atomic E-state index is 0.449. The lowest BCUT2D eigenvalue weighted by Gasteiger charge is -2.23. The maximum Gasteiger partial charge on any atom is 0.0904 e. The van der Waals surface area contributed by atoms with Gasteiger partial charge in [0.2, 0.25) is 0 Å². The summed E-state index contributed by atoms with van der Waals surface area (Å²) in [5.74, 6) is 0. The van der Waals surface area contributed by atoms with Gasteiger partial charge in [0.25, 0.3) is 0 Å². The zero-order valence-corrected chi connectivity index (χ0v) is 31.2. The molecule has 0 fully saturated rings. The van der Waals surface area contributed by atoms with Gasteiger partial charge in [-0.1, -0.05) is 219 Å². The van der Waals surface area contributed by atoms with Crippen molar-refractivity contribution in [3.8, 4) is 0 Å². The van der Waals surface area contributed by atoms with Crippen LogP contribution in [0.3, 0.4) is 0 Å². The average Bonchev–Trinajstić information content (AvgIpc) is 3.00. The molecule has 43 heavy (non-hydrogen) atoms. The summed E-state index contributed by atoms with van der Waals surface area (Å²) >= 11 is 0. The van der Waals surface area contributed by atoms with Crippen LogP contribution < -0.4 is 5.32 Å². The van der Waals surface area contributed by atoms with Crippen LogP contribution in [0.5, 0.6) is 0 Å². The summed E-state index contributed by atoms with van der Waals surface area (Å²) in [5, 5.41) is 2.66. The maximum absolute atomic E-state index is 2.66. The van der Waals surface area contributed by atoms with Crippen LogP contribution in [-0.2, 0) is 0 Å². The van der Waals surface area contributed by atoms with Crippen molar-refractivity contribution in [1.82, 2.24) is 0 Å². The van der Waals surface area contributed by atoms with Gasteiger partial charge in [0.15, 0.2) is 0 Å². The van der Waals surface area contributed by atoms with E-state index in [1.807, 2.05) is 0 Å². The molecule has 0 heterocycles. The molecule has 0 spiro atoms. The molecule has 0 aliphatic heterocycles. The molecule has 0 amide bonds. The van der Waals surface area contributed by atoms with E-state index in [9.17, 15) is 0 Å². The monoisotopic (exact) mass is 607 g/mol. The molecule has 0 aromatic rings. The van der Waals surface area contributed by atoms with Crippen molar-refractivity contribution in [2.75, 3.05) is 6.54 Å². The quantitative estimate of drug-likeness (QED) is 0.0673. The largest absolute Gasteiger partial charge is 0.342 e. The van der Waals surface area contributed by atoms with Crippen LogP contribution in [-0.4, -0.2) is 12.1 Å². The van der Waals surface area contributed by atoms with E-state index in [1.165, 1.54) is 238 Å². The molecule has 0 atom stereocenters. The molecule has 0 saturated heterocycles. The van der Waals surface area contributed by atoms with Crippen molar-refractivity contribution in [3.63, 3.8) is 0 Å². The molecule has 0 bridgehead atoms. The highest BCUT2D eigenvalue weighted by Crippen LogP contribution is 2.17. The molecule has 0 aromatic heterocycles. The summed E-state index contributed by atoms with van der Waals surface area (Å²) in [5.41, 5.74) is 0.449. The van der Waals surface area contributed by atoms with Gasteiger partial charge in [0.1, 0.15) is 0 Å². The predicted octanol–water partition coefficient (Wildman–Crippen LogP) is 14.4. The zero-order chi connectivity index (χ0) is 31.4. The molecule has 260 valence electrons. The number of unbranched alkanes of at least 4 members (excludes halogenated alkanes) is 33. The van der Waals surface area contributed by atoms with Gasteiger partial charge in [-0.2, -0.15) is 0 Å². The molecule has 1 nitrogen and oxygen atoms in total. The Bertz CT molecular complexity index is 483. The van der Waals surface area contributed by atoms with Gasteiger partial charge in [0, 0.05) is 6.42 Å². The smallest absolute Gasteiger partial charge is 0.0904 e. The van der Waals surface area contributed by atoms with E-state index < -0.39 is 0 Å². The van der Waals surface area contributed by atoms with Crippen LogP contribution in [0.2, 0.25) is 0 Å². The first kappa shape index (κ1) is 43.0. The van der Waals surface area contributed by atoms with Crippen LogP contribution in [0.1, 0.15) is 259 Å². The van der Waals surface area contributed by atoms with Crippen molar-refractivity contribution < 1.29 is 5.32 Å². The van der Waals surface area contributed by atoms with Gasteiger partial charge in [-0.25, -0.2) is 0 Å². The Balaban J connectivity index is 3.23. The normalized spacial score (nSPS) is 12.0. The number of hydrogen-bond donors (Lipinski definition) is 1. The second kappa shape index (κ2) is 36.4. The lowest BCUT2D eigenvalue weighted by Crippen LogP contribution is -2.95. The maximum atomic E-state index is 2.66. The molecule has 2 N–H and O–H groups in total. The summed E-state index contributed by atoms with van der Waals surface area (Å²) < 4.78 is 0. The third-order valence-electron chi connectivity index (χ3n) is 10.2. The molecule has 0 aromatic carbocycles. The fraction of sp³-hybridized carbons (Fsp3) is 1.00. The summed E-state index contributed by atoms with van der Waals surface area (Å²) in [4.78, 5) is 0. The first-order valence-corrected chi connectivity index (χ1v) is 21.0. The second-order valence-corrected chi connectivity index (χ2v) is 15.4. The van der Waals surface area contributed by atoms with Crippen molar-refractivity contribution in [2.45, 2.75) is 264 Å². The number of hydrogen-bond acceptors (Lipinski definition) is 0. The minimum Gasteiger partial charge on any atom is -0.342 e. The fourth-order valence-corrected chi connectivity index (χ4v) is 6.95. The number of nitrogens with two attached hydrogens (primary N) is 1. The summed E-state index contributed by atoms with van der Waals surface area (Å²) in [6.45, 7) is 10.9. The van der Waals surface area contributed by atoms with Crippen molar-refractivity contribution in [2.24, 2.45) is 0 Å². The van der Waals surface area contributed by atoms with Crippen LogP contribution in [0.25, 0.3) is 0 Å². The highest BCUT2D eigenvalue weighted by atomic mass is 14.9. The highest BCUT2D eigenvalue weighted by Gasteiger charge is 2.19. The Hall–Kier alpha value is -0.0400. The SMILES string of the molecule is CCCCCCCCCCCCCCCCCCCCCCCC[NH2+]C(C)(C)CCCCCCCCCCCCCCC. The Labute approximate surface area is 275 Å². The van der Waals surface area contributed by atoms with E-state index in [2.05, 4.69) is 33.0 Å². The van der Waals surface area contributed by atoms with Gasteiger partial charge >= 0.3 is 0 Å². The number of quaternary nitrogens is 1. The van der Waals surface area contributed by atoms with Crippen molar-refractivity contribution in [1.29, 1.82) is 0 Å². The highest BCUT2D eigenvalue weighted by molar-refractivity contribution is 4.64. The lowest BCUT2D eigenvalue weighted by molar-refractivity contribution is -0.721.